The minimum atomic E-state index is -0.638. The van der Waals surface area contributed by atoms with E-state index in [1.807, 2.05) is 34.9 Å². The van der Waals surface area contributed by atoms with Crippen LogP contribution in [0.15, 0.2) is 43.0 Å². The lowest BCUT2D eigenvalue weighted by atomic mass is 10.2. The van der Waals surface area contributed by atoms with E-state index in [0.717, 1.165) is 11.1 Å². The number of benzene rings is 1. The first-order chi connectivity index (χ1) is 11.3. The van der Waals surface area contributed by atoms with Crippen LogP contribution in [0.3, 0.4) is 0 Å². The van der Waals surface area contributed by atoms with E-state index in [0.29, 0.717) is 24.6 Å². The van der Waals surface area contributed by atoms with Crippen molar-refractivity contribution < 1.29 is 9.84 Å². The van der Waals surface area contributed by atoms with Crippen LogP contribution in [0.2, 0.25) is 0 Å². The molecule has 23 heavy (non-hydrogen) atoms. The number of nitrogens with one attached hydrogen (secondary N) is 1. The van der Waals surface area contributed by atoms with Gasteiger partial charge in [0.2, 0.25) is 0 Å². The Morgan fingerprint density at radius 1 is 1.22 bits per heavy atom. The van der Waals surface area contributed by atoms with Gasteiger partial charge in [-0.2, -0.15) is 0 Å². The van der Waals surface area contributed by atoms with Crippen molar-refractivity contribution in [3.8, 4) is 0 Å². The third kappa shape index (κ3) is 3.64. The Kier molecular flexibility index (Phi) is 4.80. The zero-order chi connectivity index (χ0) is 16.1. The topological polar surface area (TPSA) is 85.1 Å². The number of imidazole rings is 1. The van der Waals surface area contributed by atoms with E-state index in [1.54, 1.807) is 13.4 Å². The van der Waals surface area contributed by atoms with Crippen molar-refractivity contribution in [2.45, 2.75) is 19.3 Å². The maximum Gasteiger partial charge on any atom is 0.182 e. The van der Waals surface area contributed by atoms with Gasteiger partial charge >= 0.3 is 0 Å². The number of aromatic nitrogens is 4. The number of fused-ring (bicyclic) bond motifs is 1. The average Bonchev–Trinajstić information content (AvgIpc) is 2.99. The largest absolute Gasteiger partial charge is 0.389 e. The summed E-state index contributed by atoms with van der Waals surface area (Å²) in [5.41, 5.74) is 2.46. The third-order valence-corrected chi connectivity index (χ3v) is 3.48. The molecule has 0 spiro atoms. The number of nitrogens with zero attached hydrogens (tertiary/aromatic N) is 4. The predicted octanol–water partition coefficient (Wildman–Crippen LogP) is 1.45. The van der Waals surface area contributed by atoms with Crippen LogP contribution in [0.25, 0.3) is 11.2 Å². The number of ether oxygens (including phenoxy) is 1. The Balaban J connectivity index is 1.61. The van der Waals surface area contributed by atoms with E-state index in [1.165, 1.54) is 6.33 Å². The summed E-state index contributed by atoms with van der Waals surface area (Å²) in [6, 6.07) is 9.88. The Hall–Kier alpha value is -2.51. The summed E-state index contributed by atoms with van der Waals surface area (Å²) < 4.78 is 7.40. The molecular weight excluding hydrogens is 294 g/mol. The van der Waals surface area contributed by atoms with Crippen molar-refractivity contribution in [2.24, 2.45) is 0 Å². The van der Waals surface area contributed by atoms with Gasteiger partial charge in [0.1, 0.15) is 11.8 Å². The van der Waals surface area contributed by atoms with Gasteiger partial charge in [-0.15, -0.1) is 0 Å². The predicted molar refractivity (Wildman–Crippen MR) is 87.0 cm³/mol. The van der Waals surface area contributed by atoms with Crippen molar-refractivity contribution in [2.75, 3.05) is 19.0 Å². The molecule has 1 atom stereocenters. The Bertz CT molecular complexity index is 760. The maximum atomic E-state index is 10.2. The highest BCUT2D eigenvalue weighted by molar-refractivity contribution is 5.82. The molecule has 2 heterocycles. The van der Waals surface area contributed by atoms with Crippen LogP contribution in [-0.2, 0) is 17.9 Å². The molecule has 3 rings (SSSR count). The van der Waals surface area contributed by atoms with Gasteiger partial charge in [0, 0.05) is 7.05 Å². The first-order valence-electron chi connectivity index (χ1n) is 7.41. The summed E-state index contributed by atoms with van der Waals surface area (Å²) in [4.78, 5) is 12.5. The number of rotatable bonds is 7. The monoisotopic (exact) mass is 313 g/mol. The normalized spacial score (nSPS) is 12.4. The van der Waals surface area contributed by atoms with Gasteiger partial charge in [0.25, 0.3) is 0 Å². The molecule has 1 aromatic carbocycles. The smallest absolute Gasteiger partial charge is 0.182 e. The van der Waals surface area contributed by atoms with E-state index in [9.17, 15) is 5.11 Å². The molecule has 1 unspecified atom stereocenters. The van der Waals surface area contributed by atoms with Gasteiger partial charge in [-0.1, -0.05) is 30.3 Å². The van der Waals surface area contributed by atoms with Crippen molar-refractivity contribution in [1.29, 1.82) is 0 Å². The first-order valence-corrected chi connectivity index (χ1v) is 7.41. The quantitative estimate of drug-likeness (QED) is 0.686. The Labute approximate surface area is 134 Å². The van der Waals surface area contributed by atoms with Crippen molar-refractivity contribution in [3.63, 3.8) is 0 Å². The second-order valence-electron chi connectivity index (χ2n) is 5.20. The summed E-state index contributed by atoms with van der Waals surface area (Å²) in [6.07, 6.45) is 2.48. The number of anilines is 1. The SMILES string of the molecule is CNc1ncnc2ncn(CC(O)COCc3ccccc3)c12. The van der Waals surface area contributed by atoms with Crippen LogP contribution in [0.4, 0.5) is 5.82 Å². The minimum Gasteiger partial charge on any atom is -0.389 e. The molecule has 3 aromatic rings. The second-order valence-corrected chi connectivity index (χ2v) is 5.20. The van der Waals surface area contributed by atoms with Gasteiger partial charge in [-0.3, -0.25) is 0 Å². The van der Waals surface area contributed by atoms with Crippen LogP contribution >= 0.6 is 0 Å². The summed E-state index contributed by atoms with van der Waals surface area (Å²) in [6.45, 7) is 1.10. The third-order valence-electron chi connectivity index (χ3n) is 3.48. The lowest BCUT2D eigenvalue weighted by Crippen LogP contribution is -2.21. The van der Waals surface area contributed by atoms with E-state index in [2.05, 4.69) is 20.3 Å². The fourth-order valence-corrected chi connectivity index (χ4v) is 2.40. The van der Waals surface area contributed by atoms with Gasteiger partial charge in [-0.05, 0) is 5.56 Å². The molecular formula is C16H19N5O2. The van der Waals surface area contributed by atoms with Gasteiger partial charge in [-0.25, -0.2) is 15.0 Å². The molecule has 0 fully saturated rings. The number of hydrogen-bond acceptors (Lipinski definition) is 6. The maximum absolute atomic E-state index is 10.2. The highest BCUT2D eigenvalue weighted by Gasteiger charge is 2.13. The highest BCUT2D eigenvalue weighted by Crippen LogP contribution is 2.18. The molecule has 0 bridgehead atoms. The lowest BCUT2D eigenvalue weighted by Gasteiger charge is -2.13. The minimum absolute atomic E-state index is 0.247. The van der Waals surface area contributed by atoms with Crippen LogP contribution < -0.4 is 5.32 Å². The molecule has 0 aliphatic heterocycles. The molecule has 0 radical (unpaired) electrons. The fourth-order valence-electron chi connectivity index (χ4n) is 2.40. The molecule has 0 aliphatic carbocycles. The van der Waals surface area contributed by atoms with Gasteiger partial charge < -0.3 is 19.7 Å². The second kappa shape index (κ2) is 7.17. The summed E-state index contributed by atoms with van der Waals surface area (Å²) in [5.74, 6) is 0.685. The zero-order valence-electron chi connectivity index (χ0n) is 12.9. The summed E-state index contributed by atoms with van der Waals surface area (Å²) in [7, 11) is 1.79. The van der Waals surface area contributed by atoms with Gasteiger partial charge in [0.15, 0.2) is 11.5 Å². The number of aliphatic hydroxyl groups excluding tert-OH is 1. The first kappa shape index (κ1) is 15.4. The lowest BCUT2D eigenvalue weighted by molar-refractivity contribution is 0.0209. The summed E-state index contributed by atoms with van der Waals surface area (Å²) >= 11 is 0. The molecule has 0 amide bonds. The Morgan fingerprint density at radius 3 is 2.83 bits per heavy atom. The number of aliphatic hydroxyl groups is 1. The van der Waals surface area contributed by atoms with Crippen LogP contribution in [0.5, 0.6) is 0 Å². The van der Waals surface area contributed by atoms with Crippen molar-refractivity contribution in [3.05, 3.63) is 48.5 Å². The van der Waals surface area contributed by atoms with Crippen molar-refractivity contribution in [1.82, 2.24) is 19.5 Å². The van der Waals surface area contributed by atoms with Crippen LogP contribution in [-0.4, -0.2) is 44.4 Å². The number of hydrogen-bond donors (Lipinski definition) is 2. The molecule has 120 valence electrons. The van der Waals surface area contributed by atoms with E-state index < -0.39 is 6.10 Å². The molecule has 7 heteroatoms. The molecule has 0 saturated carbocycles. The van der Waals surface area contributed by atoms with E-state index in [4.69, 9.17) is 4.74 Å². The van der Waals surface area contributed by atoms with E-state index >= 15 is 0 Å². The molecule has 0 aliphatic rings. The molecule has 0 saturated heterocycles. The Morgan fingerprint density at radius 2 is 2.04 bits per heavy atom. The molecule has 7 nitrogen and oxygen atoms in total. The zero-order valence-corrected chi connectivity index (χ0v) is 12.9. The molecule has 2 N–H and O–H groups in total. The average molecular weight is 313 g/mol. The van der Waals surface area contributed by atoms with Crippen molar-refractivity contribution >= 4 is 17.0 Å². The van der Waals surface area contributed by atoms with Crippen LogP contribution in [0.1, 0.15) is 5.56 Å². The summed E-state index contributed by atoms with van der Waals surface area (Å²) in [5, 5.41) is 13.2. The molecule has 2 aromatic heterocycles. The van der Waals surface area contributed by atoms with Crippen LogP contribution in [0, 0.1) is 0 Å². The van der Waals surface area contributed by atoms with Gasteiger partial charge in [0.05, 0.1) is 32.2 Å². The van der Waals surface area contributed by atoms with E-state index in [-0.39, 0.29) is 6.61 Å². The fraction of sp³-hybridized carbons (Fsp3) is 0.312. The standard InChI is InChI=1S/C16H19N5O2/c1-17-15-14-16(19-10-18-15)20-11-21(14)7-13(22)9-23-8-12-5-3-2-4-6-12/h2-6,10-11,13,22H,7-9H2,1H3,(H,17,18,19). The highest BCUT2D eigenvalue weighted by atomic mass is 16.5.